The van der Waals surface area contributed by atoms with Gasteiger partial charge in [0.05, 0.1) is 31.8 Å². The zero-order valence-electron chi connectivity index (χ0n) is 12.6. The van der Waals surface area contributed by atoms with Gasteiger partial charge in [-0.2, -0.15) is 0 Å². The van der Waals surface area contributed by atoms with E-state index in [9.17, 15) is 4.79 Å². The monoisotopic (exact) mass is 312 g/mol. The summed E-state index contributed by atoms with van der Waals surface area (Å²) in [5.74, 6) is 0.572. The number of likely N-dealkylation sites (tertiary alicyclic amines) is 1. The van der Waals surface area contributed by atoms with E-state index in [1.165, 1.54) is 25.9 Å². The van der Waals surface area contributed by atoms with Gasteiger partial charge < -0.3 is 27.8 Å². The molecule has 1 saturated heterocycles. The van der Waals surface area contributed by atoms with Gasteiger partial charge in [-0.3, -0.25) is 0 Å². The number of piperidine rings is 1. The molecule has 1 aromatic rings. The molecule has 0 spiro atoms. The van der Waals surface area contributed by atoms with Crippen LogP contribution in [0.1, 0.15) is 36.5 Å². The van der Waals surface area contributed by atoms with Crippen LogP contribution in [0.3, 0.4) is 0 Å². The maximum absolute atomic E-state index is 11.8. The summed E-state index contributed by atoms with van der Waals surface area (Å²) in [6.45, 7) is 6.43. The van der Waals surface area contributed by atoms with Crippen molar-refractivity contribution in [2.75, 3.05) is 32.0 Å². The number of nitrogens with two attached hydrogens (primary N) is 1. The number of nitrogens with one attached hydrogen (secondary N) is 1. The fraction of sp³-hybridized carbons (Fsp3) is 0.562. The van der Waals surface area contributed by atoms with E-state index in [1.807, 2.05) is 0 Å². The fourth-order valence-electron chi connectivity index (χ4n) is 2.81. The zero-order chi connectivity index (χ0) is 14.4. The standard InChI is InChI=1S/C16H24N2O2.ClH/c1-13-4-2-9-18(12-13)10-3-11-20-16(19)14-5-7-15(17)8-6-14;/h5-8,13H,2-4,9-12,17H2,1H3;1H. The normalized spacial score (nSPS) is 21.4. The first-order valence-electron chi connectivity index (χ1n) is 7.51. The molecule has 0 amide bonds. The molecule has 1 heterocycles. The van der Waals surface area contributed by atoms with E-state index in [0.29, 0.717) is 17.9 Å². The van der Waals surface area contributed by atoms with Crippen LogP contribution in [0.15, 0.2) is 24.3 Å². The van der Waals surface area contributed by atoms with Crippen molar-refractivity contribution in [2.24, 2.45) is 5.92 Å². The molecule has 0 aromatic heterocycles. The Balaban J connectivity index is 0.00000220. The second kappa shape index (κ2) is 8.90. The molecule has 0 radical (unpaired) electrons. The lowest BCUT2D eigenvalue weighted by Gasteiger charge is -2.27. The lowest BCUT2D eigenvalue weighted by Crippen LogP contribution is -3.13. The highest BCUT2D eigenvalue weighted by molar-refractivity contribution is 5.89. The maximum atomic E-state index is 11.8. The van der Waals surface area contributed by atoms with E-state index >= 15 is 0 Å². The Bertz CT molecular complexity index is 436. The van der Waals surface area contributed by atoms with Crippen LogP contribution < -0.4 is 23.0 Å². The molecule has 1 aromatic carbocycles. The summed E-state index contributed by atoms with van der Waals surface area (Å²) >= 11 is 0. The number of hydrogen-bond acceptors (Lipinski definition) is 3. The van der Waals surface area contributed by atoms with Gasteiger partial charge in [0, 0.05) is 18.0 Å². The van der Waals surface area contributed by atoms with Crippen molar-refractivity contribution < 1.29 is 26.8 Å². The minimum absolute atomic E-state index is 0. The Labute approximate surface area is 133 Å². The number of esters is 1. The first-order chi connectivity index (χ1) is 9.65. The second-order valence-electron chi connectivity index (χ2n) is 5.81. The average molecular weight is 313 g/mol. The molecule has 1 fully saturated rings. The van der Waals surface area contributed by atoms with Crippen molar-refractivity contribution in [3.05, 3.63) is 29.8 Å². The molecule has 3 N–H and O–H groups in total. The number of carbonyl (C=O) groups is 1. The highest BCUT2D eigenvalue weighted by Gasteiger charge is 2.19. The largest absolute Gasteiger partial charge is 1.00 e. The predicted octanol–water partition coefficient (Wildman–Crippen LogP) is -1.87. The van der Waals surface area contributed by atoms with Crippen molar-refractivity contribution >= 4 is 11.7 Å². The first kappa shape index (κ1) is 17.8. The van der Waals surface area contributed by atoms with E-state index in [2.05, 4.69) is 6.92 Å². The number of anilines is 1. The molecule has 5 heteroatoms. The van der Waals surface area contributed by atoms with Crippen LogP contribution in [0.25, 0.3) is 0 Å². The SMILES string of the molecule is CC1CCC[NH+](CCCOC(=O)c2ccc(N)cc2)C1.[Cl-]. The van der Waals surface area contributed by atoms with Gasteiger partial charge >= 0.3 is 5.97 Å². The summed E-state index contributed by atoms with van der Waals surface area (Å²) in [6.07, 6.45) is 3.61. The number of carbonyl (C=O) groups excluding carboxylic acids is 1. The highest BCUT2D eigenvalue weighted by atomic mass is 35.5. The smallest absolute Gasteiger partial charge is 0.338 e. The molecule has 2 unspecified atom stereocenters. The third kappa shape index (κ3) is 5.94. The van der Waals surface area contributed by atoms with Gasteiger partial charge in [0.2, 0.25) is 0 Å². The zero-order valence-corrected chi connectivity index (χ0v) is 13.4. The third-order valence-corrected chi connectivity index (χ3v) is 3.92. The first-order valence-corrected chi connectivity index (χ1v) is 7.51. The van der Waals surface area contributed by atoms with Gasteiger partial charge in [0.25, 0.3) is 0 Å². The Morgan fingerprint density at radius 3 is 2.76 bits per heavy atom. The van der Waals surface area contributed by atoms with Crippen molar-refractivity contribution in [2.45, 2.75) is 26.2 Å². The number of nitrogen functional groups attached to an aromatic ring is 1. The van der Waals surface area contributed by atoms with Crippen LogP contribution in [-0.4, -0.2) is 32.2 Å². The number of halogens is 1. The lowest BCUT2D eigenvalue weighted by molar-refractivity contribution is -0.908. The number of rotatable bonds is 5. The van der Waals surface area contributed by atoms with Gasteiger partial charge in [-0.05, 0) is 37.1 Å². The Kier molecular flexibility index (Phi) is 7.54. The maximum Gasteiger partial charge on any atom is 0.338 e. The molecule has 1 aliphatic heterocycles. The molecule has 0 aliphatic carbocycles. The molecule has 0 bridgehead atoms. The number of hydrogen-bond donors (Lipinski definition) is 2. The van der Waals surface area contributed by atoms with Gasteiger partial charge in [0.15, 0.2) is 0 Å². The van der Waals surface area contributed by atoms with E-state index in [4.69, 9.17) is 10.5 Å². The van der Waals surface area contributed by atoms with Crippen LogP contribution in [0.4, 0.5) is 5.69 Å². The lowest BCUT2D eigenvalue weighted by atomic mass is 10.0. The number of ether oxygens (including phenoxy) is 1. The summed E-state index contributed by atoms with van der Waals surface area (Å²) < 4.78 is 5.29. The summed E-state index contributed by atoms with van der Waals surface area (Å²) in [5.41, 5.74) is 6.81. The summed E-state index contributed by atoms with van der Waals surface area (Å²) in [7, 11) is 0. The molecule has 21 heavy (non-hydrogen) atoms. The van der Waals surface area contributed by atoms with Crippen LogP contribution in [0.5, 0.6) is 0 Å². The summed E-state index contributed by atoms with van der Waals surface area (Å²) in [4.78, 5) is 13.4. The van der Waals surface area contributed by atoms with Crippen molar-refractivity contribution in [3.8, 4) is 0 Å². The molecule has 118 valence electrons. The summed E-state index contributed by atoms with van der Waals surface area (Å²) in [6, 6.07) is 6.84. The Hall–Kier alpha value is -1.26. The van der Waals surface area contributed by atoms with Crippen LogP contribution in [0.2, 0.25) is 0 Å². The Morgan fingerprint density at radius 2 is 2.10 bits per heavy atom. The van der Waals surface area contributed by atoms with Crippen molar-refractivity contribution in [1.82, 2.24) is 0 Å². The molecule has 1 aliphatic rings. The van der Waals surface area contributed by atoms with Gasteiger partial charge in [-0.25, -0.2) is 4.79 Å². The Morgan fingerprint density at radius 1 is 1.38 bits per heavy atom. The number of quaternary nitrogens is 1. The topological polar surface area (TPSA) is 56.8 Å². The number of benzene rings is 1. The minimum atomic E-state index is -0.257. The third-order valence-electron chi connectivity index (χ3n) is 3.92. The van der Waals surface area contributed by atoms with Gasteiger partial charge in [-0.1, -0.05) is 6.92 Å². The predicted molar refractivity (Wildman–Crippen MR) is 79.7 cm³/mol. The molecular weight excluding hydrogens is 288 g/mol. The fourth-order valence-corrected chi connectivity index (χ4v) is 2.81. The van der Waals surface area contributed by atoms with E-state index in [1.54, 1.807) is 29.2 Å². The van der Waals surface area contributed by atoms with Crippen LogP contribution in [-0.2, 0) is 4.74 Å². The van der Waals surface area contributed by atoms with Crippen molar-refractivity contribution in [1.29, 1.82) is 0 Å². The molecule has 2 atom stereocenters. The molecule has 2 rings (SSSR count). The quantitative estimate of drug-likeness (QED) is 0.381. The average Bonchev–Trinajstić information content (AvgIpc) is 2.44. The van der Waals surface area contributed by atoms with E-state index in [-0.39, 0.29) is 18.4 Å². The molecular formula is C16H25ClN2O2. The van der Waals surface area contributed by atoms with E-state index < -0.39 is 0 Å². The molecule has 4 nitrogen and oxygen atoms in total. The van der Waals surface area contributed by atoms with E-state index in [0.717, 1.165) is 18.9 Å². The molecule has 0 saturated carbocycles. The van der Waals surface area contributed by atoms with Crippen LogP contribution >= 0.6 is 0 Å². The van der Waals surface area contributed by atoms with Gasteiger partial charge in [0.1, 0.15) is 0 Å². The van der Waals surface area contributed by atoms with Crippen molar-refractivity contribution in [3.63, 3.8) is 0 Å². The highest BCUT2D eigenvalue weighted by Crippen LogP contribution is 2.07. The van der Waals surface area contributed by atoms with Crippen LogP contribution in [0, 0.1) is 5.92 Å². The minimum Gasteiger partial charge on any atom is -1.00 e. The van der Waals surface area contributed by atoms with Gasteiger partial charge in [-0.15, -0.1) is 0 Å². The second-order valence-corrected chi connectivity index (χ2v) is 5.81. The summed E-state index contributed by atoms with van der Waals surface area (Å²) in [5, 5.41) is 0.